The Morgan fingerprint density at radius 1 is 1.50 bits per heavy atom. The Morgan fingerprint density at radius 3 is 2.69 bits per heavy atom. The van der Waals surface area contributed by atoms with Crippen molar-refractivity contribution in [2.24, 2.45) is 0 Å². The van der Waals surface area contributed by atoms with Gasteiger partial charge in [0.2, 0.25) is 0 Å². The molecule has 3 heteroatoms. The minimum absolute atomic E-state index is 0.0969. The van der Waals surface area contributed by atoms with E-state index in [0.29, 0.717) is 17.9 Å². The lowest BCUT2D eigenvalue weighted by Gasteiger charge is -2.36. The van der Waals surface area contributed by atoms with Gasteiger partial charge in [-0.15, -0.1) is 6.58 Å². The standard InChI is InChI=1S/C13H18N2O/c1-5-9-15(13(2,3)4)12-11(10-16)7-6-8-14-12/h5-8,10H,1,9H2,2-4H3. The van der Waals surface area contributed by atoms with Crippen LogP contribution in [0.3, 0.4) is 0 Å². The lowest BCUT2D eigenvalue weighted by molar-refractivity contribution is 0.112. The normalized spacial score (nSPS) is 10.9. The Bertz CT molecular complexity index is 380. The molecule has 0 spiro atoms. The summed E-state index contributed by atoms with van der Waals surface area (Å²) in [6.45, 7) is 10.7. The Balaban J connectivity index is 3.20. The number of rotatable bonds is 4. The molecular weight excluding hydrogens is 200 g/mol. The molecular formula is C13H18N2O. The van der Waals surface area contributed by atoms with Gasteiger partial charge < -0.3 is 4.90 Å². The summed E-state index contributed by atoms with van der Waals surface area (Å²) in [7, 11) is 0. The van der Waals surface area contributed by atoms with Gasteiger partial charge in [-0.25, -0.2) is 4.98 Å². The Morgan fingerprint density at radius 2 is 2.19 bits per heavy atom. The molecule has 3 nitrogen and oxygen atoms in total. The summed E-state index contributed by atoms with van der Waals surface area (Å²) >= 11 is 0. The van der Waals surface area contributed by atoms with Crippen LogP contribution in [0.15, 0.2) is 31.0 Å². The molecule has 0 saturated carbocycles. The molecule has 1 aromatic heterocycles. The summed E-state index contributed by atoms with van der Waals surface area (Å²) in [6, 6.07) is 3.54. The van der Waals surface area contributed by atoms with Crippen molar-refractivity contribution in [2.45, 2.75) is 26.3 Å². The number of hydrogen-bond donors (Lipinski definition) is 0. The number of hydrogen-bond acceptors (Lipinski definition) is 3. The van der Waals surface area contributed by atoms with Crippen molar-refractivity contribution in [3.63, 3.8) is 0 Å². The largest absolute Gasteiger partial charge is 0.347 e. The predicted molar refractivity (Wildman–Crippen MR) is 66.9 cm³/mol. The maximum absolute atomic E-state index is 11.0. The highest BCUT2D eigenvalue weighted by molar-refractivity contribution is 5.83. The zero-order chi connectivity index (χ0) is 12.2. The average Bonchev–Trinajstić information content (AvgIpc) is 2.24. The lowest BCUT2D eigenvalue weighted by Crippen LogP contribution is -2.42. The molecule has 0 N–H and O–H groups in total. The van der Waals surface area contributed by atoms with Crippen LogP contribution >= 0.6 is 0 Å². The third-order valence-electron chi connectivity index (χ3n) is 2.32. The van der Waals surface area contributed by atoms with E-state index in [1.54, 1.807) is 18.3 Å². The third kappa shape index (κ3) is 2.69. The van der Waals surface area contributed by atoms with Crippen LogP contribution in [0.2, 0.25) is 0 Å². The number of carbonyl (C=O) groups excluding carboxylic acids is 1. The van der Waals surface area contributed by atoms with Gasteiger partial charge in [0.05, 0.1) is 5.56 Å². The number of pyridine rings is 1. The smallest absolute Gasteiger partial charge is 0.153 e. The molecule has 0 atom stereocenters. The quantitative estimate of drug-likeness (QED) is 0.575. The molecule has 0 bridgehead atoms. The first-order chi connectivity index (χ1) is 7.50. The van der Waals surface area contributed by atoms with Crippen molar-refractivity contribution in [3.05, 3.63) is 36.5 Å². The first-order valence-electron chi connectivity index (χ1n) is 5.29. The summed E-state index contributed by atoms with van der Waals surface area (Å²) < 4.78 is 0. The lowest BCUT2D eigenvalue weighted by atomic mass is 10.0. The molecule has 0 aliphatic carbocycles. The molecule has 0 fully saturated rings. The number of nitrogens with zero attached hydrogens (tertiary/aromatic N) is 2. The van der Waals surface area contributed by atoms with Crippen molar-refractivity contribution in [1.82, 2.24) is 4.98 Å². The van der Waals surface area contributed by atoms with Crippen LogP contribution in [-0.2, 0) is 0 Å². The van der Waals surface area contributed by atoms with Crippen LogP contribution in [0, 0.1) is 0 Å². The van der Waals surface area contributed by atoms with Crippen LogP contribution in [0.1, 0.15) is 31.1 Å². The Hall–Kier alpha value is -1.64. The number of aldehydes is 1. The molecule has 0 unspecified atom stereocenters. The monoisotopic (exact) mass is 218 g/mol. The summed E-state index contributed by atoms with van der Waals surface area (Å²) in [5.74, 6) is 0.713. The van der Waals surface area contributed by atoms with Gasteiger partial charge in [0, 0.05) is 18.3 Å². The van der Waals surface area contributed by atoms with E-state index in [1.807, 2.05) is 6.08 Å². The molecule has 0 radical (unpaired) electrons. The number of aromatic nitrogens is 1. The maximum Gasteiger partial charge on any atom is 0.153 e. The fraction of sp³-hybridized carbons (Fsp3) is 0.385. The van der Waals surface area contributed by atoms with Crippen LogP contribution in [-0.4, -0.2) is 23.4 Å². The summed E-state index contributed by atoms with van der Waals surface area (Å²) in [5.41, 5.74) is 0.514. The summed E-state index contributed by atoms with van der Waals surface area (Å²) in [6.07, 6.45) is 4.35. The molecule has 1 heterocycles. The van der Waals surface area contributed by atoms with Gasteiger partial charge in [0.25, 0.3) is 0 Å². The molecule has 0 aliphatic rings. The molecule has 0 aliphatic heterocycles. The van der Waals surface area contributed by atoms with Gasteiger partial charge in [-0.1, -0.05) is 6.08 Å². The minimum Gasteiger partial charge on any atom is -0.347 e. The van der Waals surface area contributed by atoms with Crippen molar-refractivity contribution < 1.29 is 4.79 Å². The van der Waals surface area contributed by atoms with E-state index in [2.05, 4.69) is 37.2 Å². The first-order valence-corrected chi connectivity index (χ1v) is 5.29. The van der Waals surface area contributed by atoms with Crippen molar-refractivity contribution in [2.75, 3.05) is 11.4 Å². The van der Waals surface area contributed by atoms with E-state index in [0.717, 1.165) is 6.29 Å². The zero-order valence-corrected chi connectivity index (χ0v) is 10.1. The second kappa shape index (κ2) is 4.92. The molecule has 0 amide bonds. The average molecular weight is 218 g/mol. The summed E-state index contributed by atoms with van der Waals surface area (Å²) in [4.78, 5) is 17.3. The van der Waals surface area contributed by atoms with Gasteiger partial charge >= 0.3 is 0 Å². The molecule has 1 rings (SSSR count). The van der Waals surface area contributed by atoms with Crippen LogP contribution in [0.25, 0.3) is 0 Å². The second-order valence-corrected chi connectivity index (χ2v) is 4.60. The molecule has 0 aromatic carbocycles. The highest BCUT2D eigenvalue weighted by Crippen LogP contribution is 2.23. The van der Waals surface area contributed by atoms with E-state index in [9.17, 15) is 4.79 Å². The van der Waals surface area contributed by atoms with Gasteiger partial charge in [0.15, 0.2) is 6.29 Å². The minimum atomic E-state index is -0.0969. The van der Waals surface area contributed by atoms with E-state index in [-0.39, 0.29) is 5.54 Å². The van der Waals surface area contributed by atoms with Gasteiger partial charge in [-0.3, -0.25) is 4.79 Å². The zero-order valence-electron chi connectivity index (χ0n) is 10.1. The molecule has 1 aromatic rings. The van der Waals surface area contributed by atoms with Crippen molar-refractivity contribution in [3.8, 4) is 0 Å². The van der Waals surface area contributed by atoms with E-state index < -0.39 is 0 Å². The third-order valence-corrected chi connectivity index (χ3v) is 2.32. The summed E-state index contributed by atoms with van der Waals surface area (Å²) in [5, 5.41) is 0. The van der Waals surface area contributed by atoms with Crippen molar-refractivity contribution in [1.29, 1.82) is 0 Å². The number of carbonyl (C=O) groups is 1. The SMILES string of the molecule is C=CCN(c1ncccc1C=O)C(C)(C)C. The highest BCUT2D eigenvalue weighted by atomic mass is 16.1. The molecule has 0 saturated heterocycles. The van der Waals surface area contributed by atoms with Crippen LogP contribution in [0.4, 0.5) is 5.82 Å². The highest BCUT2D eigenvalue weighted by Gasteiger charge is 2.23. The van der Waals surface area contributed by atoms with Crippen LogP contribution in [0.5, 0.6) is 0 Å². The number of anilines is 1. The van der Waals surface area contributed by atoms with Gasteiger partial charge in [0.1, 0.15) is 5.82 Å². The predicted octanol–water partition coefficient (Wildman–Crippen LogP) is 2.69. The Labute approximate surface area is 96.8 Å². The first kappa shape index (κ1) is 12.4. The van der Waals surface area contributed by atoms with Gasteiger partial charge in [-0.2, -0.15) is 0 Å². The van der Waals surface area contributed by atoms with E-state index in [4.69, 9.17) is 0 Å². The molecule has 16 heavy (non-hydrogen) atoms. The van der Waals surface area contributed by atoms with E-state index in [1.165, 1.54) is 0 Å². The van der Waals surface area contributed by atoms with Crippen LogP contribution < -0.4 is 4.90 Å². The maximum atomic E-state index is 11.0. The van der Waals surface area contributed by atoms with Gasteiger partial charge in [-0.05, 0) is 32.9 Å². The Kier molecular flexibility index (Phi) is 3.82. The van der Waals surface area contributed by atoms with E-state index >= 15 is 0 Å². The van der Waals surface area contributed by atoms with Crippen molar-refractivity contribution >= 4 is 12.1 Å². The molecule has 86 valence electrons. The fourth-order valence-corrected chi connectivity index (χ4v) is 1.53. The second-order valence-electron chi connectivity index (χ2n) is 4.60. The fourth-order valence-electron chi connectivity index (χ4n) is 1.53. The topological polar surface area (TPSA) is 33.2 Å².